The molecule has 1 fully saturated rings. The van der Waals surface area contributed by atoms with Gasteiger partial charge >= 0.3 is 27.6 Å². The lowest BCUT2D eigenvalue weighted by Gasteiger charge is -2.43. The summed E-state index contributed by atoms with van der Waals surface area (Å²) in [7, 11) is -10.7. The zero-order valence-electron chi connectivity index (χ0n) is 39.9. The number of carbonyl (C=O) groups is 2. The number of hydrogen-bond donors (Lipinski definition) is 8. The van der Waals surface area contributed by atoms with Crippen LogP contribution in [0.3, 0.4) is 0 Å². The van der Waals surface area contributed by atoms with Gasteiger partial charge < -0.3 is 49.7 Å². The topological polar surface area (TPSA) is 276 Å². The molecule has 388 valence electrons. The molecule has 0 bridgehead atoms. The van der Waals surface area contributed by atoms with E-state index in [1.807, 2.05) is 73.8 Å². The van der Waals surface area contributed by atoms with Crippen molar-refractivity contribution >= 4 is 27.6 Å². The highest BCUT2D eigenvalue weighted by atomic mass is 31.2. The standard InChI is InChI=1S/C49H80O17P2/c1-3-5-7-8-9-10-11-12-13-14-15-16-21-24-27-30-33-37-43(52)64-41(39-63-68(60,61)66-49-46(55)44(53)45(54)48(47(49)56)65-67(57,58)59)38-62-42(51)36-32-29-26-23-20-18-17-19-22-25-28-31-35-40(50)34-6-4-2/h6,12-13,15-18,22-28,31,34,40-41,44-50,53-56H,3-5,7-11,14,19-21,29-30,32-33,35-39H2,1-2H3,(H,60,61)(H2,57,58,59)/b13-12-,16-15-,18-17-,25-22-,26-23-,27-24-,31-28+,34-6-/t40?,41-,44?,45?,46?,47?,48-,49+/m1/s1. The number of esters is 2. The van der Waals surface area contributed by atoms with Gasteiger partial charge in [-0.25, -0.2) is 9.13 Å². The van der Waals surface area contributed by atoms with E-state index in [1.54, 1.807) is 6.08 Å². The van der Waals surface area contributed by atoms with E-state index < -0.39 is 89.6 Å². The molecule has 17 nitrogen and oxygen atoms in total. The van der Waals surface area contributed by atoms with E-state index in [0.29, 0.717) is 38.5 Å². The van der Waals surface area contributed by atoms with Crippen LogP contribution in [0.25, 0.3) is 0 Å². The Morgan fingerprint density at radius 2 is 1.06 bits per heavy atom. The van der Waals surface area contributed by atoms with Gasteiger partial charge in [-0.2, -0.15) is 0 Å². The van der Waals surface area contributed by atoms with Crippen LogP contribution in [-0.4, -0.2) is 114 Å². The Kier molecular flexibility index (Phi) is 35.7. The Hall–Kier alpha value is -3.12. The van der Waals surface area contributed by atoms with Gasteiger partial charge in [0.25, 0.3) is 0 Å². The average Bonchev–Trinajstić information content (AvgIpc) is 3.29. The van der Waals surface area contributed by atoms with Crippen molar-refractivity contribution in [2.45, 2.75) is 185 Å². The lowest BCUT2D eigenvalue weighted by atomic mass is 9.85. The summed E-state index contributed by atoms with van der Waals surface area (Å²) in [4.78, 5) is 54.2. The molecule has 6 unspecified atom stereocenters. The van der Waals surface area contributed by atoms with Crippen molar-refractivity contribution in [2.75, 3.05) is 13.2 Å². The van der Waals surface area contributed by atoms with Gasteiger partial charge in [-0.05, 0) is 77.0 Å². The summed E-state index contributed by atoms with van der Waals surface area (Å²) in [5.74, 6) is -1.37. The summed E-state index contributed by atoms with van der Waals surface area (Å²) >= 11 is 0. The number of rotatable bonds is 38. The summed E-state index contributed by atoms with van der Waals surface area (Å²) in [6.07, 6.45) is 31.5. The monoisotopic (exact) mass is 1000 g/mol. The van der Waals surface area contributed by atoms with Crippen molar-refractivity contribution < 1.29 is 82.0 Å². The fourth-order valence-electron chi connectivity index (χ4n) is 6.51. The molecular formula is C49H80O17P2. The molecule has 0 aromatic carbocycles. The van der Waals surface area contributed by atoms with Crippen LogP contribution in [-0.2, 0) is 41.8 Å². The number of hydrogen-bond acceptors (Lipinski definition) is 14. The maximum Gasteiger partial charge on any atom is 0.472 e. The van der Waals surface area contributed by atoms with E-state index >= 15 is 0 Å². The second-order valence-corrected chi connectivity index (χ2v) is 18.9. The van der Waals surface area contributed by atoms with Gasteiger partial charge in [-0.3, -0.25) is 23.2 Å². The number of phosphoric acid groups is 2. The van der Waals surface area contributed by atoms with Crippen molar-refractivity contribution in [3.63, 3.8) is 0 Å². The van der Waals surface area contributed by atoms with Crippen LogP contribution in [0.2, 0.25) is 0 Å². The molecule has 19 heteroatoms. The zero-order chi connectivity index (χ0) is 50.5. The number of unbranched alkanes of at least 4 members (excludes halogenated alkanes) is 8. The van der Waals surface area contributed by atoms with Crippen molar-refractivity contribution in [3.8, 4) is 0 Å². The summed E-state index contributed by atoms with van der Waals surface area (Å²) in [6.45, 7) is 2.76. The maximum absolute atomic E-state index is 13.0. The molecular weight excluding hydrogens is 922 g/mol. The number of aliphatic hydroxyl groups excluding tert-OH is 5. The smallest absolute Gasteiger partial charge is 0.462 e. The first-order valence-electron chi connectivity index (χ1n) is 23.9. The van der Waals surface area contributed by atoms with Crippen molar-refractivity contribution in [1.82, 2.24) is 0 Å². The zero-order valence-corrected chi connectivity index (χ0v) is 41.6. The molecule has 0 amide bonds. The summed E-state index contributed by atoms with van der Waals surface area (Å²) in [5, 5.41) is 51.0. The van der Waals surface area contributed by atoms with Gasteiger partial charge in [0.05, 0.1) is 12.7 Å². The predicted molar refractivity (Wildman–Crippen MR) is 261 cm³/mol. The Balaban J connectivity index is 2.69. The first-order valence-corrected chi connectivity index (χ1v) is 26.9. The fraction of sp³-hybridized carbons (Fsp3) is 0.633. The third-order valence-corrected chi connectivity index (χ3v) is 11.7. The van der Waals surface area contributed by atoms with E-state index in [1.165, 1.54) is 38.5 Å². The van der Waals surface area contributed by atoms with Gasteiger partial charge in [-0.15, -0.1) is 0 Å². The highest BCUT2D eigenvalue weighted by Crippen LogP contribution is 2.49. The van der Waals surface area contributed by atoms with Crippen LogP contribution >= 0.6 is 15.6 Å². The minimum Gasteiger partial charge on any atom is -0.462 e. The largest absolute Gasteiger partial charge is 0.472 e. The highest BCUT2D eigenvalue weighted by Gasteiger charge is 2.54. The van der Waals surface area contributed by atoms with Gasteiger partial charge in [0.1, 0.15) is 43.2 Å². The first kappa shape index (κ1) is 62.9. The SMILES string of the molecule is CC/C=C\C(O)C/C=C/C=C\C/C=C\C/C=C\CCCC(=O)OC[C@H](COP(=O)(O)O[C@H]1C(O)C(O)C(O)[C@@H](OP(=O)(O)O)C1O)OC(=O)CCC/C=C\C/C=C\C/C=C\CCCCCCCC. The third-order valence-electron chi connectivity index (χ3n) is 10.2. The Morgan fingerprint density at radius 3 is 1.63 bits per heavy atom. The predicted octanol–water partition coefficient (Wildman–Crippen LogP) is 8.14. The van der Waals surface area contributed by atoms with Crippen LogP contribution in [0.15, 0.2) is 97.2 Å². The number of phosphoric ester groups is 2. The molecule has 8 N–H and O–H groups in total. The van der Waals surface area contributed by atoms with Gasteiger partial charge in [0, 0.05) is 12.8 Å². The number of aliphatic hydroxyl groups is 5. The van der Waals surface area contributed by atoms with Gasteiger partial charge in [0.15, 0.2) is 6.10 Å². The summed E-state index contributed by atoms with van der Waals surface area (Å²) in [6, 6.07) is 0. The first-order chi connectivity index (χ1) is 32.5. The summed E-state index contributed by atoms with van der Waals surface area (Å²) in [5.41, 5.74) is 0. The molecule has 0 heterocycles. The molecule has 1 rings (SSSR count). The van der Waals surface area contributed by atoms with E-state index in [2.05, 4.69) is 35.8 Å². The lowest BCUT2D eigenvalue weighted by Crippen LogP contribution is -2.64. The maximum atomic E-state index is 13.0. The van der Waals surface area contributed by atoms with Crippen LogP contribution in [0.5, 0.6) is 0 Å². The second-order valence-electron chi connectivity index (χ2n) is 16.3. The molecule has 0 spiro atoms. The molecule has 1 aliphatic rings. The van der Waals surface area contributed by atoms with Crippen LogP contribution in [0.4, 0.5) is 0 Å². The Bertz CT molecular complexity index is 1700. The van der Waals surface area contributed by atoms with E-state index in [-0.39, 0.29) is 12.8 Å². The number of ether oxygens (including phenoxy) is 2. The molecule has 0 radical (unpaired) electrons. The lowest BCUT2D eigenvalue weighted by molar-refractivity contribution is -0.216. The van der Waals surface area contributed by atoms with Crippen LogP contribution in [0.1, 0.15) is 136 Å². The molecule has 0 aliphatic heterocycles. The van der Waals surface area contributed by atoms with Gasteiger partial charge in [0.2, 0.25) is 0 Å². The Morgan fingerprint density at radius 1 is 0.559 bits per heavy atom. The second kappa shape index (κ2) is 38.6. The molecule has 0 aromatic rings. The van der Waals surface area contributed by atoms with Crippen molar-refractivity contribution in [3.05, 3.63) is 97.2 Å². The van der Waals surface area contributed by atoms with Crippen molar-refractivity contribution in [1.29, 1.82) is 0 Å². The third kappa shape index (κ3) is 32.6. The molecule has 1 aliphatic carbocycles. The normalized spacial score (nSPS) is 22.6. The number of allylic oxidation sites excluding steroid dienone is 14. The van der Waals surface area contributed by atoms with Crippen LogP contribution in [0, 0.1) is 0 Å². The molecule has 0 aromatic heterocycles. The van der Waals surface area contributed by atoms with Crippen molar-refractivity contribution in [2.24, 2.45) is 0 Å². The molecule has 68 heavy (non-hydrogen) atoms. The minimum atomic E-state index is -5.39. The van der Waals surface area contributed by atoms with Crippen LogP contribution < -0.4 is 0 Å². The van der Waals surface area contributed by atoms with Gasteiger partial charge in [-0.1, -0.05) is 143 Å². The minimum absolute atomic E-state index is 0.00843. The fourth-order valence-corrected chi connectivity index (χ4v) is 8.05. The highest BCUT2D eigenvalue weighted by molar-refractivity contribution is 7.47. The van der Waals surface area contributed by atoms with E-state index in [9.17, 15) is 58.9 Å². The number of carbonyl (C=O) groups excluding carboxylic acids is 2. The average molecular weight is 1000 g/mol. The quantitative estimate of drug-likeness (QED) is 0.00953. The molecule has 0 saturated heterocycles. The molecule has 9 atom stereocenters. The van der Waals surface area contributed by atoms with E-state index in [4.69, 9.17) is 18.5 Å². The summed E-state index contributed by atoms with van der Waals surface area (Å²) < 4.78 is 49.2. The molecule has 1 saturated carbocycles. The van der Waals surface area contributed by atoms with E-state index in [0.717, 1.165) is 32.1 Å². The Labute approximate surface area is 403 Å².